The molecule has 1 aromatic heterocycles. The van der Waals surface area contributed by atoms with Crippen molar-refractivity contribution in [1.82, 2.24) is 15.1 Å². The van der Waals surface area contributed by atoms with Gasteiger partial charge in [0.15, 0.2) is 0 Å². The van der Waals surface area contributed by atoms with E-state index in [-0.39, 0.29) is 11.8 Å². The van der Waals surface area contributed by atoms with Gasteiger partial charge < -0.3 is 9.64 Å². The molecule has 1 fully saturated rings. The second-order valence-corrected chi connectivity index (χ2v) is 8.87. The number of aromatic nitrogens is 2. The van der Waals surface area contributed by atoms with Crippen LogP contribution in [-0.2, 0) is 9.59 Å². The van der Waals surface area contributed by atoms with E-state index in [4.69, 9.17) is 4.74 Å². The van der Waals surface area contributed by atoms with Crippen molar-refractivity contribution in [2.75, 3.05) is 19.0 Å². The highest BCUT2D eigenvalue weighted by molar-refractivity contribution is 7.18. The van der Waals surface area contributed by atoms with Crippen LogP contribution in [0.3, 0.4) is 0 Å². The number of hydrogen-bond donors (Lipinski definition) is 1. The first kappa shape index (κ1) is 23.2. The number of nitrogens with one attached hydrogen (secondary N) is 1. The molecule has 0 radical (unpaired) electrons. The summed E-state index contributed by atoms with van der Waals surface area (Å²) in [5.41, 5.74) is 0.883. The van der Waals surface area contributed by atoms with Gasteiger partial charge in [0.05, 0.1) is 7.11 Å². The molecule has 1 aliphatic rings. The zero-order chi connectivity index (χ0) is 22.1. The molecule has 1 unspecified atom stereocenters. The van der Waals surface area contributed by atoms with Gasteiger partial charge in [0.1, 0.15) is 16.8 Å². The van der Waals surface area contributed by atoms with Crippen LogP contribution in [0, 0.1) is 0 Å². The van der Waals surface area contributed by atoms with E-state index in [0.717, 1.165) is 30.6 Å². The molecule has 2 amide bonds. The summed E-state index contributed by atoms with van der Waals surface area (Å²) in [6.45, 7) is 2.85. The molecule has 1 aliphatic heterocycles. The molecule has 1 aromatic carbocycles. The summed E-state index contributed by atoms with van der Waals surface area (Å²) in [6, 6.07) is 7.14. The molecule has 168 valence electrons. The summed E-state index contributed by atoms with van der Waals surface area (Å²) in [6.07, 6.45) is 8.93. The van der Waals surface area contributed by atoms with Gasteiger partial charge in [-0.1, -0.05) is 62.5 Å². The summed E-state index contributed by atoms with van der Waals surface area (Å²) in [5.74, 6) is 0.647. The zero-order valence-corrected chi connectivity index (χ0v) is 19.2. The van der Waals surface area contributed by atoms with E-state index in [0.29, 0.717) is 29.5 Å². The highest BCUT2D eigenvalue weighted by atomic mass is 32.1. The van der Waals surface area contributed by atoms with Crippen LogP contribution >= 0.6 is 11.3 Å². The quantitative estimate of drug-likeness (QED) is 0.499. The van der Waals surface area contributed by atoms with Crippen molar-refractivity contribution in [2.24, 2.45) is 0 Å². The number of unbranched alkanes of at least 4 members (excludes halogenated alkanes) is 5. The standard InChI is InChI=1S/C23H32N4O3S/c1-3-4-5-6-7-8-14-20(28)27-15-10-13-19(27)21(29)24-23-26-25-22(31-23)17-11-9-12-18(16-17)30-2/h9,11-12,16,19H,3-8,10,13-15H2,1-2H3,(H,24,26,29). The van der Waals surface area contributed by atoms with Crippen LogP contribution in [0.15, 0.2) is 24.3 Å². The smallest absolute Gasteiger partial charge is 0.249 e. The van der Waals surface area contributed by atoms with Crippen LogP contribution in [-0.4, -0.2) is 46.6 Å². The SMILES string of the molecule is CCCCCCCCC(=O)N1CCCC1C(=O)Nc1nnc(-c2cccc(OC)c2)s1. The fourth-order valence-corrected chi connectivity index (χ4v) is 4.62. The van der Waals surface area contributed by atoms with E-state index in [1.807, 2.05) is 24.3 Å². The van der Waals surface area contributed by atoms with E-state index in [1.54, 1.807) is 12.0 Å². The van der Waals surface area contributed by atoms with Crippen molar-refractivity contribution in [1.29, 1.82) is 0 Å². The van der Waals surface area contributed by atoms with Gasteiger partial charge in [0.2, 0.25) is 16.9 Å². The largest absolute Gasteiger partial charge is 0.497 e. The van der Waals surface area contributed by atoms with Crippen molar-refractivity contribution in [3.63, 3.8) is 0 Å². The van der Waals surface area contributed by atoms with E-state index in [9.17, 15) is 9.59 Å². The Morgan fingerprint density at radius 2 is 2.00 bits per heavy atom. The van der Waals surface area contributed by atoms with Gasteiger partial charge in [-0.25, -0.2) is 0 Å². The van der Waals surface area contributed by atoms with Crippen LogP contribution in [0.4, 0.5) is 5.13 Å². The monoisotopic (exact) mass is 444 g/mol. The Morgan fingerprint density at radius 3 is 2.81 bits per heavy atom. The van der Waals surface area contributed by atoms with Gasteiger partial charge in [-0.05, 0) is 31.4 Å². The molecule has 0 spiro atoms. The number of anilines is 1. The predicted molar refractivity (Wildman–Crippen MR) is 123 cm³/mol. The number of carbonyl (C=O) groups is 2. The number of carbonyl (C=O) groups excluding carboxylic acids is 2. The molecule has 2 heterocycles. The van der Waals surface area contributed by atoms with Crippen LogP contribution in [0.1, 0.15) is 64.7 Å². The number of amides is 2. The topological polar surface area (TPSA) is 84.4 Å². The highest BCUT2D eigenvalue weighted by Gasteiger charge is 2.34. The lowest BCUT2D eigenvalue weighted by atomic mass is 10.1. The van der Waals surface area contributed by atoms with Crippen LogP contribution in [0.2, 0.25) is 0 Å². The molecule has 7 nitrogen and oxygen atoms in total. The fourth-order valence-electron chi connectivity index (χ4n) is 3.87. The Morgan fingerprint density at radius 1 is 1.19 bits per heavy atom. The van der Waals surface area contributed by atoms with Crippen LogP contribution in [0.25, 0.3) is 10.6 Å². The molecule has 1 N–H and O–H groups in total. The third kappa shape index (κ3) is 6.50. The van der Waals surface area contributed by atoms with Crippen molar-refractivity contribution in [3.8, 4) is 16.3 Å². The summed E-state index contributed by atoms with van der Waals surface area (Å²) in [5, 5.41) is 12.3. The minimum Gasteiger partial charge on any atom is -0.497 e. The molecule has 31 heavy (non-hydrogen) atoms. The third-order valence-electron chi connectivity index (χ3n) is 5.59. The van der Waals surface area contributed by atoms with E-state index >= 15 is 0 Å². The van der Waals surface area contributed by atoms with E-state index in [2.05, 4.69) is 22.4 Å². The molecular formula is C23H32N4O3S. The van der Waals surface area contributed by atoms with E-state index in [1.165, 1.54) is 37.0 Å². The number of rotatable bonds is 11. The molecule has 0 aliphatic carbocycles. The third-order valence-corrected chi connectivity index (χ3v) is 6.48. The maximum atomic E-state index is 12.8. The zero-order valence-electron chi connectivity index (χ0n) is 18.4. The van der Waals surface area contributed by atoms with Crippen LogP contribution in [0.5, 0.6) is 5.75 Å². The fraction of sp³-hybridized carbons (Fsp3) is 0.565. The van der Waals surface area contributed by atoms with Crippen LogP contribution < -0.4 is 10.1 Å². The normalized spacial score (nSPS) is 15.8. The predicted octanol–water partition coefficient (Wildman–Crippen LogP) is 4.89. The minimum absolute atomic E-state index is 0.0856. The van der Waals surface area contributed by atoms with Gasteiger partial charge in [0.25, 0.3) is 0 Å². The average molecular weight is 445 g/mol. The second kappa shape index (κ2) is 11.8. The summed E-state index contributed by atoms with van der Waals surface area (Å²) < 4.78 is 5.25. The highest BCUT2D eigenvalue weighted by Crippen LogP contribution is 2.29. The molecular weight excluding hydrogens is 412 g/mol. The minimum atomic E-state index is -0.420. The Bertz CT molecular complexity index is 870. The number of benzene rings is 1. The van der Waals surface area contributed by atoms with Crippen molar-refractivity contribution in [2.45, 2.75) is 70.8 Å². The summed E-state index contributed by atoms with van der Waals surface area (Å²) in [4.78, 5) is 27.2. The Balaban J connectivity index is 1.52. The van der Waals surface area contributed by atoms with Crippen molar-refractivity contribution < 1.29 is 14.3 Å². The molecule has 1 atom stereocenters. The van der Waals surface area contributed by atoms with Crippen molar-refractivity contribution >= 4 is 28.3 Å². The number of hydrogen-bond acceptors (Lipinski definition) is 6. The van der Waals surface area contributed by atoms with Gasteiger partial charge in [-0.15, -0.1) is 10.2 Å². The number of ether oxygens (including phenoxy) is 1. The van der Waals surface area contributed by atoms with Gasteiger partial charge in [-0.2, -0.15) is 0 Å². The maximum absolute atomic E-state index is 12.8. The van der Waals surface area contributed by atoms with Crippen molar-refractivity contribution in [3.05, 3.63) is 24.3 Å². The molecule has 8 heteroatoms. The second-order valence-electron chi connectivity index (χ2n) is 7.90. The number of methoxy groups -OCH3 is 1. The average Bonchev–Trinajstić information content (AvgIpc) is 3.46. The molecule has 1 saturated heterocycles. The number of likely N-dealkylation sites (tertiary alicyclic amines) is 1. The molecule has 0 saturated carbocycles. The van der Waals surface area contributed by atoms with Gasteiger partial charge >= 0.3 is 0 Å². The Kier molecular flexibility index (Phi) is 8.82. The first-order valence-electron chi connectivity index (χ1n) is 11.2. The lowest BCUT2D eigenvalue weighted by Crippen LogP contribution is -2.43. The maximum Gasteiger partial charge on any atom is 0.249 e. The molecule has 0 bridgehead atoms. The first-order valence-corrected chi connectivity index (χ1v) is 12.0. The molecule has 3 rings (SSSR count). The lowest BCUT2D eigenvalue weighted by molar-refractivity contribution is -0.136. The van der Waals surface area contributed by atoms with Gasteiger partial charge in [0, 0.05) is 18.5 Å². The lowest BCUT2D eigenvalue weighted by Gasteiger charge is -2.23. The van der Waals surface area contributed by atoms with E-state index < -0.39 is 6.04 Å². The first-order chi connectivity index (χ1) is 15.1. The Hall–Kier alpha value is -2.48. The Labute approximate surface area is 188 Å². The number of nitrogens with zero attached hydrogens (tertiary/aromatic N) is 3. The summed E-state index contributed by atoms with van der Waals surface area (Å²) >= 11 is 1.31. The van der Waals surface area contributed by atoms with Gasteiger partial charge in [-0.3, -0.25) is 14.9 Å². The molecule has 2 aromatic rings. The summed E-state index contributed by atoms with van der Waals surface area (Å²) in [7, 11) is 1.62.